The van der Waals surface area contributed by atoms with Crippen molar-refractivity contribution < 1.29 is 14.5 Å². The van der Waals surface area contributed by atoms with E-state index in [1.807, 2.05) is 19.1 Å². The first-order valence-electron chi connectivity index (χ1n) is 8.43. The van der Waals surface area contributed by atoms with E-state index in [0.29, 0.717) is 11.4 Å². The fourth-order valence-corrected chi connectivity index (χ4v) is 2.65. The van der Waals surface area contributed by atoms with Crippen LogP contribution in [0.15, 0.2) is 48.5 Å². The van der Waals surface area contributed by atoms with Crippen molar-refractivity contribution in [3.8, 4) is 0 Å². The minimum Gasteiger partial charge on any atom is -0.348 e. The summed E-state index contributed by atoms with van der Waals surface area (Å²) >= 11 is 5.88. The van der Waals surface area contributed by atoms with Crippen LogP contribution in [0.3, 0.4) is 0 Å². The van der Waals surface area contributed by atoms with Crippen molar-refractivity contribution in [1.82, 2.24) is 10.6 Å². The Kier molecular flexibility index (Phi) is 6.90. The van der Waals surface area contributed by atoms with Gasteiger partial charge in [0.15, 0.2) is 0 Å². The SMILES string of the molecule is CCC(NC(=O)C(C)NC(=O)c1cccc([N+](=O)[O-])c1)c1ccc(Cl)cc1. The molecule has 2 amide bonds. The van der Waals surface area contributed by atoms with Crippen LogP contribution in [0.1, 0.15) is 42.2 Å². The second-order valence-electron chi connectivity index (χ2n) is 6.02. The summed E-state index contributed by atoms with van der Waals surface area (Å²) in [6, 6.07) is 11.5. The smallest absolute Gasteiger partial charge is 0.270 e. The van der Waals surface area contributed by atoms with Crippen molar-refractivity contribution in [3.63, 3.8) is 0 Å². The average Bonchev–Trinajstić information content (AvgIpc) is 2.66. The van der Waals surface area contributed by atoms with Gasteiger partial charge >= 0.3 is 0 Å². The van der Waals surface area contributed by atoms with Crippen molar-refractivity contribution in [2.45, 2.75) is 32.4 Å². The molecule has 2 unspecified atom stereocenters. The number of nitro groups is 1. The van der Waals surface area contributed by atoms with Gasteiger partial charge in [0.2, 0.25) is 5.91 Å². The lowest BCUT2D eigenvalue weighted by molar-refractivity contribution is -0.384. The molecule has 0 fully saturated rings. The number of carbonyl (C=O) groups excluding carboxylic acids is 2. The fourth-order valence-electron chi connectivity index (χ4n) is 2.52. The van der Waals surface area contributed by atoms with Crippen LogP contribution in [-0.2, 0) is 4.79 Å². The van der Waals surface area contributed by atoms with Gasteiger partial charge in [-0.1, -0.05) is 36.7 Å². The highest BCUT2D eigenvalue weighted by Crippen LogP contribution is 2.19. The molecule has 0 saturated heterocycles. The molecule has 2 rings (SSSR count). The summed E-state index contributed by atoms with van der Waals surface area (Å²) in [6.07, 6.45) is 0.666. The van der Waals surface area contributed by atoms with Crippen molar-refractivity contribution in [2.24, 2.45) is 0 Å². The first kappa shape index (κ1) is 20.4. The number of benzene rings is 2. The predicted octanol–water partition coefficient (Wildman–Crippen LogP) is 3.63. The molecule has 0 heterocycles. The zero-order valence-corrected chi connectivity index (χ0v) is 15.7. The molecule has 2 atom stereocenters. The Morgan fingerprint density at radius 1 is 1.15 bits per heavy atom. The highest BCUT2D eigenvalue weighted by Gasteiger charge is 2.21. The molecule has 0 bridgehead atoms. The molecule has 2 aromatic carbocycles. The largest absolute Gasteiger partial charge is 0.348 e. The first-order chi connectivity index (χ1) is 12.8. The summed E-state index contributed by atoms with van der Waals surface area (Å²) in [7, 11) is 0. The van der Waals surface area contributed by atoms with Gasteiger partial charge < -0.3 is 10.6 Å². The minimum atomic E-state index is -0.807. The van der Waals surface area contributed by atoms with Gasteiger partial charge in [0, 0.05) is 22.7 Å². The number of nitrogens with one attached hydrogen (secondary N) is 2. The lowest BCUT2D eigenvalue weighted by Crippen LogP contribution is -2.45. The summed E-state index contributed by atoms with van der Waals surface area (Å²) in [5.41, 5.74) is 0.842. The maximum absolute atomic E-state index is 12.4. The van der Waals surface area contributed by atoms with Crippen LogP contribution >= 0.6 is 11.6 Å². The number of amides is 2. The van der Waals surface area contributed by atoms with E-state index in [1.54, 1.807) is 19.1 Å². The van der Waals surface area contributed by atoms with Crippen molar-refractivity contribution in [2.75, 3.05) is 0 Å². The van der Waals surface area contributed by atoms with Crippen molar-refractivity contribution in [1.29, 1.82) is 0 Å². The molecule has 0 aliphatic heterocycles. The van der Waals surface area contributed by atoms with E-state index in [2.05, 4.69) is 10.6 Å². The Balaban J connectivity index is 2.01. The third-order valence-electron chi connectivity index (χ3n) is 4.06. The number of hydrogen-bond acceptors (Lipinski definition) is 4. The summed E-state index contributed by atoms with van der Waals surface area (Å²) in [4.78, 5) is 34.9. The van der Waals surface area contributed by atoms with Gasteiger partial charge in [0.1, 0.15) is 6.04 Å². The second kappa shape index (κ2) is 9.14. The maximum atomic E-state index is 12.4. The molecule has 27 heavy (non-hydrogen) atoms. The molecular weight excluding hydrogens is 370 g/mol. The Hall–Kier alpha value is -2.93. The zero-order valence-electron chi connectivity index (χ0n) is 14.9. The molecule has 0 radical (unpaired) electrons. The topological polar surface area (TPSA) is 101 Å². The van der Waals surface area contributed by atoms with Gasteiger partial charge in [-0.25, -0.2) is 0 Å². The lowest BCUT2D eigenvalue weighted by atomic mass is 10.0. The summed E-state index contributed by atoms with van der Waals surface area (Å²) < 4.78 is 0. The Labute approximate surface area is 161 Å². The molecule has 0 aliphatic carbocycles. The third kappa shape index (κ3) is 5.52. The summed E-state index contributed by atoms with van der Waals surface area (Å²) in [5, 5.41) is 16.9. The molecule has 0 spiro atoms. The maximum Gasteiger partial charge on any atom is 0.270 e. The normalized spacial score (nSPS) is 12.7. The number of halogens is 1. The fraction of sp³-hybridized carbons (Fsp3) is 0.263. The molecule has 7 nitrogen and oxygen atoms in total. The first-order valence-corrected chi connectivity index (χ1v) is 8.80. The van der Waals surface area contributed by atoms with E-state index in [9.17, 15) is 19.7 Å². The van der Waals surface area contributed by atoms with Gasteiger partial charge in [-0.05, 0) is 37.1 Å². The Bertz CT molecular complexity index is 839. The van der Waals surface area contributed by atoms with Gasteiger partial charge in [0.25, 0.3) is 11.6 Å². The van der Waals surface area contributed by atoms with E-state index >= 15 is 0 Å². The number of hydrogen-bond donors (Lipinski definition) is 2. The van der Waals surface area contributed by atoms with Gasteiger partial charge in [-0.15, -0.1) is 0 Å². The van der Waals surface area contributed by atoms with Crippen LogP contribution < -0.4 is 10.6 Å². The zero-order chi connectivity index (χ0) is 20.0. The van der Waals surface area contributed by atoms with E-state index in [1.165, 1.54) is 24.3 Å². The van der Waals surface area contributed by atoms with Gasteiger partial charge in [-0.3, -0.25) is 19.7 Å². The van der Waals surface area contributed by atoms with Gasteiger partial charge in [0.05, 0.1) is 11.0 Å². The number of nitrogens with zero attached hydrogens (tertiary/aromatic N) is 1. The summed E-state index contributed by atoms with van der Waals surface area (Å²) in [6.45, 7) is 3.49. The quantitative estimate of drug-likeness (QED) is 0.557. The number of nitro benzene ring substituents is 1. The molecule has 2 N–H and O–H groups in total. The van der Waals surface area contributed by atoms with Crippen molar-refractivity contribution in [3.05, 3.63) is 74.8 Å². The second-order valence-corrected chi connectivity index (χ2v) is 6.46. The van der Waals surface area contributed by atoms with E-state index < -0.39 is 16.9 Å². The van der Waals surface area contributed by atoms with E-state index in [-0.39, 0.29) is 23.2 Å². The van der Waals surface area contributed by atoms with Crippen LogP contribution in [0, 0.1) is 10.1 Å². The number of non-ortho nitro benzene ring substituents is 1. The molecule has 0 saturated carbocycles. The molecular formula is C19H20ClN3O4. The predicted molar refractivity (Wildman–Crippen MR) is 103 cm³/mol. The van der Waals surface area contributed by atoms with Crippen LogP contribution in [0.5, 0.6) is 0 Å². The minimum absolute atomic E-state index is 0.119. The van der Waals surface area contributed by atoms with Crippen LogP contribution in [0.25, 0.3) is 0 Å². The molecule has 142 valence electrons. The number of rotatable bonds is 7. The molecule has 0 aliphatic rings. The Morgan fingerprint density at radius 2 is 1.81 bits per heavy atom. The highest BCUT2D eigenvalue weighted by atomic mass is 35.5. The van der Waals surface area contributed by atoms with E-state index in [0.717, 1.165) is 5.56 Å². The number of carbonyl (C=O) groups is 2. The molecule has 2 aromatic rings. The highest BCUT2D eigenvalue weighted by molar-refractivity contribution is 6.30. The molecule has 8 heteroatoms. The average molecular weight is 390 g/mol. The third-order valence-corrected chi connectivity index (χ3v) is 4.31. The monoisotopic (exact) mass is 389 g/mol. The lowest BCUT2D eigenvalue weighted by Gasteiger charge is -2.21. The van der Waals surface area contributed by atoms with Crippen LogP contribution in [-0.4, -0.2) is 22.8 Å². The van der Waals surface area contributed by atoms with Crippen LogP contribution in [0.4, 0.5) is 5.69 Å². The standard InChI is InChI=1S/C19H20ClN3O4/c1-3-17(13-7-9-15(20)10-8-13)22-18(24)12(2)21-19(25)14-5-4-6-16(11-14)23(26)27/h4-12,17H,3H2,1-2H3,(H,21,25)(H,22,24). The Morgan fingerprint density at radius 3 is 2.41 bits per heavy atom. The van der Waals surface area contributed by atoms with Gasteiger partial charge in [-0.2, -0.15) is 0 Å². The summed E-state index contributed by atoms with van der Waals surface area (Å²) in [5.74, 6) is -0.906. The van der Waals surface area contributed by atoms with Crippen molar-refractivity contribution >= 4 is 29.1 Å². The molecule has 0 aromatic heterocycles. The van der Waals surface area contributed by atoms with Crippen LogP contribution in [0.2, 0.25) is 5.02 Å². The van der Waals surface area contributed by atoms with E-state index in [4.69, 9.17) is 11.6 Å².